The zero-order valence-corrected chi connectivity index (χ0v) is 25.6. The van der Waals surface area contributed by atoms with Gasteiger partial charge in [-0.25, -0.2) is 4.79 Å². The molecule has 0 spiro atoms. The Morgan fingerprint density at radius 2 is 1.64 bits per heavy atom. The number of hydrogen-bond acceptors (Lipinski definition) is 4. The molecule has 0 aromatic carbocycles. The third kappa shape index (κ3) is 5.25. The second-order valence-electron chi connectivity index (χ2n) is 11.7. The first-order valence-corrected chi connectivity index (χ1v) is 14.8. The fourth-order valence-corrected chi connectivity index (χ4v) is 6.80. The molecule has 1 unspecified atom stereocenters. The normalized spacial score (nSPS) is 22.6. The van der Waals surface area contributed by atoms with Gasteiger partial charge in [-0.15, -0.1) is 0 Å². The van der Waals surface area contributed by atoms with Gasteiger partial charge in [0, 0.05) is 56.6 Å². The Kier molecular flexibility index (Phi) is 8.11. The number of fused-ring (bicyclic) bond motifs is 7. The maximum atomic E-state index is 12.7. The highest BCUT2D eigenvalue weighted by Crippen LogP contribution is 2.36. The molecule has 10 nitrogen and oxygen atoms in total. The average Bonchev–Trinajstić information content (AvgIpc) is 3.63. The van der Waals surface area contributed by atoms with Crippen LogP contribution in [0.3, 0.4) is 0 Å². The second-order valence-corrected chi connectivity index (χ2v) is 11.7. The molecule has 8 bridgehead atoms. The average molecular weight is 599 g/mol. The molecule has 0 saturated carbocycles. The predicted octanol–water partition coefficient (Wildman–Crippen LogP) is 2.52. The summed E-state index contributed by atoms with van der Waals surface area (Å²) >= 11 is 0. The van der Waals surface area contributed by atoms with Crippen LogP contribution in [0.2, 0.25) is 0 Å². The third-order valence-electron chi connectivity index (χ3n) is 9.21. The number of rotatable bonds is 8. The summed E-state index contributed by atoms with van der Waals surface area (Å²) < 4.78 is 0. The number of aromatic amines is 3. The van der Waals surface area contributed by atoms with Crippen molar-refractivity contribution in [1.82, 2.24) is 15.0 Å². The summed E-state index contributed by atoms with van der Waals surface area (Å²) in [6, 6.07) is -0.413. The molecule has 0 fully saturated rings. The molecule has 10 heteroatoms. The van der Waals surface area contributed by atoms with E-state index in [0.29, 0.717) is 16.6 Å². The number of nitrogens with one attached hydrogen (secondary N) is 3. The van der Waals surface area contributed by atoms with Gasteiger partial charge < -0.3 is 30.3 Å². The summed E-state index contributed by atoms with van der Waals surface area (Å²) in [7, 11) is 0. The van der Waals surface area contributed by atoms with E-state index in [1.807, 2.05) is 39.0 Å². The predicted molar refractivity (Wildman–Crippen MR) is 170 cm³/mol. The van der Waals surface area contributed by atoms with E-state index in [2.05, 4.69) is 34.5 Å². The molecular weight excluding hydrogens is 560 g/mol. The number of aliphatic carboxylic acids is 2. The van der Waals surface area contributed by atoms with Crippen molar-refractivity contribution in [3.05, 3.63) is 72.7 Å². The largest absolute Gasteiger partial charge is 0.481 e. The number of carbonyl (C=O) groups is 3. The van der Waals surface area contributed by atoms with E-state index in [9.17, 15) is 29.7 Å². The van der Waals surface area contributed by atoms with Crippen LogP contribution in [-0.4, -0.2) is 59.9 Å². The van der Waals surface area contributed by atoms with Crippen LogP contribution < -0.4 is 21.4 Å². The second kappa shape index (κ2) is 11.7. The van der Waals surface area contributed by atoms with Crippen LogP contribution in [0, 0.1) is 32.6 Å². The number of aliphatic imine (C=N–C) groups is 1. The number of aromatic carboxylic acids is 1. The fourth-order valence-electron chi connectivity index (χ4n) is 6.80. The van der Waals surface area contributed by atoms with Crippen LogP contribution in [0.25, 0.3) is 29.9 Å². The van der Waals surface area contributed by atoms with Crippen LogP contribution in [0.15, 0.2) is 11.6 Å². The minimum atomic E-state index is -1.19. The Bertz CT molecular complexity index is 2000. The monoisotopic (exact) mass is 598 g/mol. The van der Waals surface area contributed by atoms with Crippen molar-refractivity contribution in [1.29, 1.82) is 0 Å². The van der Waals surface area contributed by atoms with Gasteiger partial charge in [0.25, 0.3) is 0 Å². The van der Waals surface area contributed by atoms with E-state index in [1.54, 1.807) is 6.92 Å². The molecule has 3 atom stereocenters. The lowest BCUT2D eigenvalue weighted by Crippen LogP contribution is -2.29. The Morgan fingerprint density at radius 1 is 0.932 bits per heavy atom. The lowest BCUT2D eigenvalue weighted by Gasteiger charge is -2.20. The molecule has 3 aromatic heterocycles. The number of aromatic nitrogens is 3. The van der Waals surface area contributed by atoms with Gasteiger partial charge in [-0.05, 0) is 80.0 Å². The Hall–Kier alpha value is -4.86. The molecule has 6 N–H and O–H groups in total. The van der Waals surface area contributed by atoms with Crippen molar-refractivity contribution in [3.8, 4) is 0 Å². The summed E-state index contributed by atoms with van der Waals surface area (Å²) in [6.45, 7) is 13.8. The fraction of sp³-hybridized carbons (Fsp3) is 0.353. The molecule has 0 amide bonds. The van der Waals surface area contributed by atoms with E-state index < -0.39 is 36.3 Å². The summed E-state index contributed by atoms with van der Waals surface area (Å²) in [4.78, 5) is 51.9. The first kappa shape index (κ1) is 30.6. The molecule has 230 valence electrons. The zero-order valence-electron chi connectivity index (χ0n) is 25.6. The van der Waals surface area contributed by atoms with E-state index >= 15 is 0 Å². The molecular formula is C34H38N4O6. The van der Waals surface area contributed by atoms with Crippen LogP contribution in [0.4, 0.5) is 0 Å². The highest BCUT2D eigenvalue weighted by atomic mass is 16.4. The summed E-state index contributed by atoms with van der Waals surface area (Å²) in [5, 5.41) is 32.4. The molecule has 44 heavy (non-hydrogen) atoms. The maximum Gasteiger partial charge on any atom is 0.338 e. The maximum absolute atomic E-state index is 12.7. The molecule has 0 saturated heterocycles. The van der Waals surface area contributed by atoms with E-state index in [4.69, 9.17) is 4.99 Å². The topological polar surface area (TPSA) is 172 Å². The van der Waals surface area contributed by atoms with Crippen LogP contribution in [0.5, 0.6) is 0 Å². The number of hydrogen-bond donors (Lipinski definition) is 6. The smallest absolute Gasteiger partial charge is 0.338 e. The van der Waals surface area contributed by atoms with Crippen molar-refractivity contribution < 1.29 is 29.7 Å². The number of carboxylic acids is 3. The highest BCUT2D eigenvalue weighted by molar-refractivity contribution is 6.23. The van der Waals surface area contributed by atoms with Gasteiger partial charge in [0.1, 0.15) is 0 Å². The summed E-state index contributed by atoms with van der Waals surface area (Å²) in [5.41, 5.74) is 6.91. The molecule has 2 aliphatic heterocycles. The number of H-pyrrole nitrogens is 3. The molecule has 0 radical (unpaired) electrons. The van der Waals surface area contributed by atoms with E-state index in [-0.39, 0.29) is 35.2 Å². The SMILES string of the molecule is C=Cc1c(C)/c2[nH]/c1=C\c1[nH]c(c(CC)c1C)/C=c1\[nH]/c(c(C(=O)O)c1C)=C(/CC(=O)O)C1=NC(\C=2)[C@@H](C)[C@@H]1CCC(=O)O. The van der Waals surface area contributed by atoms with Crippen molar-refractivity contribution >= 4 is 53.5 Å². The van der Waals surface area contributed by atoms with Gasteiger partial charge >= 0.3 is 17.9 Å². The standard InChI is InChI=1S/C34H38N4O6/c1-7-19-15(3)23-12-25-17(5)21(9-10-29(39)40)32(37-25)22(11-30(41)42)33-31(34(43)44)18(6)26(38-33)14-28-20(8-2)16(4)24(36-28)13-27(19)35-23/h7,12-14,17,21,25,35-36,38H,1,8-11H2,2-6H3,(H,39,40)(H,41,42)(H,43,44)/b23-12-,26-14-,27-13-,33-22-/t17-,21-,25?/m0/s1. The lowest BCUT2D eigenvalue weighted by molar-refractivity contribution is -0.137. The first-order valence-electron chi connectivity index (χ1n) is 14.8. The van der Waals surface area contributed by atoms with Gasteiger partial charge in [0.05, 0.1) is 23.4 Å². The van der Waals surface area contributed by atoms with Crippen molar-refractivity contribution in [2.24, 2.45) is 16.8 Å². The van der Waals surface area contributed by atoms with Crippen molar-refractivity contribution in [3.63, 3.8) is 0 Å². The Balaban J connectivity index is 1.98. The molecule has 0 aliphatic carbocycles. The summed E-state index contributed by atoms with van der Waals surface area (Å²) in [5.74, 6) is -3.89. The van der Waals surface area contributed by atoms with E-state index in [1.165, 1.54) is 0 Å². The quantitative estimate of drug-likeness (QED) is 0.233. The van der Waals surface area contributed by atoms with Gasteiger partial charge in [-0.2, -0.15) is 0 Å². The molecule has 5 rings (SSSR count). The van der Waals surface area contributed by atoms with Crippen molar-refractivity contribution in [2.45, 2.75) is 66.3 Å². The lowest BCUT2D eigenvalue weighted by atomic mass is 9.81. The molecule has 5 heterocycles. The van der Waals surface area contributed by atoms with Gasteiger partial charge in [-0.1, -0.05) is 26.5 Å². The van der Waals surface area contributed by atoms with E-state index in [0.717, 1.165) is 50.8 Å². The van der Waals surface area contributed by atoms with Crippen LogP contribution in [-0.2, 0) is 16.0 Å². The Labute approximate surface area is 254 Å². The zero-order chi connectivity index (χ0) is 32.0. The van der Waals surface area contributed by atoms with Crippen LogP contribution >= 0.6 is 0 Å². The third-order valence-corrected chi connectivity index (χ3v) is 9.21. The van der Waals surface area contributed by atoms with Crippen molar-refractivity contribution in [2.75, 3.05) is 0 Å². The number of carboxylic acid groups (broad SMARTS) is 3. The van der Waals surface area contributed by atoms with Gasteiger partial charge in [0.2, 0.25) is 0 Å². The van der Waals surface area contributed by atoms with Gasteiger partial charge in [0.15, 0.2) is 0 Å². The Morgan fingerprint density at radius 3 is 2.25 bits per heavy atom. The molecule has 2 aliphatic rings. The summed E-state index contributed by atoms with van der Waals surface area (Å²) in [6.07, 6.45) is 8.08. The highest BCUT2D eigenvalue weighted by Gasteiger charge is 2.38. The minimum Gasteiger partial charge on any atom is -0.481 e. The van der Waals surface area contributed by atoms with Gasteiger partial charge in [-0.3, -0.25) is 14.6 Å². The first-order chi connectivity index (χ1) is 20.9. The molecule has 3 aromatic rings. The van der Waals surface area contributed by atoms with Crippen LogP contribution in [0.1, 0.15) is 82.7 Å². The minimum absolute atomic E-state index is 0.0234. The number of nitrogens with zero attached hydrogens (tertiary/aromatic N) is 1.